The number of halogens is 12. The van der Waals surface area contributed by atoms with Crippen molar-refractivity contribution < 1.29 is 52.7 Å². The van der Waals surface area contributed by atoms with E-state index in [9.17, 15) is 52.7 Å². The Morgan fingerprint density at radius 2 is 0.745 bits per heavy atom. The Hall–Kier alpha value is -3.62. The second-order valence-corrected chi connectivity index (χ2v) is 14.9. The van der Waals surface area contributed by atoms with E-state index in [0.717, 1.165) is 72.8 Å². The Bertz CT molecular complexity index is 1700. The minimum Gasteiger partial charge on any atom is -0.166 e. The molecule has 0 heterocycles. The molecule has 5 rings (SSSR count). The number of alkyl halides is 12. The lowest BCUT2D eigenvalue weighted by Gasteiger charge is -2.32. The summed E-state index contributed by atoms with van der Waals surface area (Å²) < 4.78 is 166. The zero-order valence-electron chi connectivity index (χ0n) is 23.5. The molecule has 1 unspecified atom stereocenters. The summed E-state index contributed by atoms with van der Waals surface area (Å²) in [6.07, 6.45) is -14.8. The Labute approximate surface area is 262 Å². The quantitative estimate of drug-likeness (QED) is 0.138. The smallest absolute Gasteiger partial charge is 0.166 e. The van der Waals surface area contributed by atoms with Crippen molar-refractivity contribution >= 4 is 37.1 Å². The molecule has 0 saturated heterocycles. The summed E-state index contributed by atoms with van der Waals surface area (Å²) in [4.78, 5) is 0. The summed E-state index contributed by atoms with van der Waals surface area (Å²) in [7, 11) is -4.40. The van der Waals surface area contributed by atoms with Crippen LogP contribution >= 0.6 is 15.8 Å². The van der Waals surface area contributed by atoms with E-state index in [1.807, 2.05) is 0 Å². The summed E-state index contributed by atoms with van der Waals surface area (Å²) in [6.45, 7) is 0. The highest BCUT2D eigenvalue weighted by Gasteiger charge is 2.39. The molecule has 246 valence electrons. The highest BCUT2D eigenvalue weighted by atomic mass is 31.1. The zero-order valence-corrected chi connectivity index (χ0v) is 25.3. The molecule has 0 nitrogen and oxygen atoms in total. The van der Waals surface area contributed by atoms with Crippen molar-refractivity contribution in [1.29, 1.82) is 0 Å². The first-order valence-corrected chi connectivity index (χ1v) is 16.3. The summed E-state index contributed by atoms with van der Waals surface area (Å²) in [5.41, 5.74) is -5.28. The van der Waals surface area contributed by atoms with Gasteiger partial charge in [0.25, 0.3) is 0 Å². The van der Waals surface area contributed by atoms with Crippen LogP contribution in [0.15, 0.2) is 121 Å². The lowest BCUT2D eigenvalue weighted by atomic mass is 10.2. The lowest BCUT2D eigenvalue weighted by Crippen LogP contribution is -2.26. The third kappa shape index (κ3) is 7.76. The zero-order chi connectivity index (χ0) is 34.4. The second-order valence-electron chi connectivity index (χ2n) is 10.3. The molecule has 0 fully saturated rings. The standard InChI is InChI=1S/C33H20F12P2/c34-30(35,36)20-6-1-10-24(16-20)46(25-11-2-7-21(17-25)31(37,38)39)28-14-5-15-29(28)47(26-12-3-8-22(18-26)32(40,41)42)27-13-4-9-23(19-27)33(43,44)45/h1-19,28H. The number of benzene rings is 4. The summed E-state index contributed by atoms with van der Waals surface area (Å²) >= 11 is 0. The molecule has 0 N–H and O–H groups in total. The van der Waals surface area contributed by atoms with Crippen LogP contribution in [-0.2, 0) is 24.7 Å². The van der Waals surface area contributed by atoms with Crippen LogP contribution < -0.4 is 21.2 Å². The van der Waals surface area contributed by atoms with E-state index in [-0.39, 0.29) is 26.5 Å². The average molecular weight is 706 g/mol. The fourth-order valence-corrected chi connectivity index (χ4v) is 10.9. The summed E-state index contributed by atoms with van der Waals surface area (Å²) in [6, 6.07) is 16.1. The van der Waals surface area contributed by atoms with Crippen LogP contribution in [-0.4, -0.2) is 5.66 Å². The minimum absolute atomic E-state index is 0.00265. The van der Waals surface area contributed by atoms with Crippen LogP contribution in [0.5, 0.6) is 0 Å². The third-order valence-corrected chi connectivity index (χ3v) is 12.6. The number of rotatable bonds is 6. The monoisotopic (exact) mass is 706 g/mol. The van der Waals surface area contributed by atoms with Gasteiger partial charge in [-0.3, -0.25) is 0 Å². The van der Waals surface area contributed by atoms with Gasteiger partial charge in [-0.05, 0) is 90.9 Å². The molecule has 0 bridgehead atoms. The van der Waals surface area contributed by atoms with Crippen LogP contribution in [0.4, 0.5) is 52.7 Å². The number of hydrogen-bond acceptors (Lipinski definition) is 0. The molecular formula is C33H20F12P2. The first-order valence-electron chi connectivity index (χ1n) is 13.5. The van der Waals surface area contributed by atoms with E-state index in [2.05, 4.69) is 0 Å². The summed E-state index contributed by atoms with van der Waals surface area (Å²) in [5, 5.41) is 0.285. The molecule has 1 aliphatic carbocycles. The maximum Gasteiger partial charge on any atom is 0.416 e. The highest BCUT2D eigenvalue weighted by molar-refractivity contribution is 7.80. The Morgan fingerprint density at radius 1 is 0.426 bits per heavy atom. The van der Waals surface area contributed by atoms with Crippen LogP contribution in [0.1, 0.15) is 22.3 Å². The normalized spacial score (nSPS) is 15.9. The van der Waals surface area contributed by atoms with E-state index in [1.54, 1.807) is 0 Å². The molecule has 0 spiro atoms. The fraction of sp³-hybridized carbons (Fsp3) is 0.152. The van der Waals surface area contributed by atoms with Gasteiger partial charge >= 0.3 is 24.7 Å². The molecule has 0 radical (unpaired) electrons. The topological polar surface area (TPSA) is 0 Å². The average Bonchev–Trinajstić information content (AvgIpc) is 3.45. The van der Waals surface area contributed by atoms with E-state index >= 15 is 0 Å². The first kappa shape index (κ1) is 34.7. The van der Waals surface area contributed by atoms with Gasteiger partial charge < -0.3 is 0 Å². The van der Waals surface area contributed by atoms with Crippen molar-refractivity contribution in [3.63, 3.8) is 0 Å². The minimum atomic E-state index is -4.81. The molecule has 1 aliphatic rings. The van der Waals surface area contributed by atoms with Gasteiger partial charge in [-0.2, -0.15) is 52.7 Å². The van der Waals surface area contributed by atoms with Gasteiger partial charge in [-0.25, -0.2) is 0 Å². The van der Waals surface area contributed by atoms with Gasteiger partial charge in [-0.15, -0.1) is 0 Å². The van der Waals surface area contributed by atoms with Crippen molar-refractivity contribution in [1.82, 2.24) is 0 Å². The summed E-state index contributed by atoms with van der Waals surface area (Å²) in [5.74, 6) is 0. The Morgan fingerprint density at radius 3 is 1.09 bits per heavy atom. The molecule has 4 aromatic carbocycles. The van der Waals surface area contributed by atoms with Crippen molar-refractivity contribution in [3.05, 3.63) is 143 Å². The third-order valence-electron chi connectivity index (χ3n) is 7.17. The molecular weight excluding hydrogens is 686 g/mol. The molecule has 0 amide bonds. The van der Waals surface area contributed by atoms with Crippen LogP contribution in [0.2, 0.25) is 0 Å². The van der Waals surface area contributed by atoms with Gasteiger partial charge in [0.2, 0.25) is 0 Å². The van der Waals surface area contributed by atoms with Crippen molar-refractivity contribution in [2.45, 2.75) is 30.4 Å². The maximum atomic E-state index is 13.8. The van der Waals surface area contributed by atoms with E-state index in [4.69, 9.17) is 0 Å². The van der Waals surface area contributed by atoms with E-state index in [0.29, 0.717) is 0 Å². The predicted octanol–water partition coefficient (Wildman–Crippen LogP) is 10.1. The predicted molar refractivity (Wildman–Crippen MR) is 159 cm³/mol. The molecule has 0 saturated carbocycles. The second kappa shape index (κ2) is 12.8. The fourth-order valence-electron chi connectivity index (χ4n) is 5.11. The van der Waals surface area contributed by atoms with Gasteiger partial charge in [0, 0.05) is 5.66 Å². The Balaban J connectivity index is 1.74. The SMILES string of the molecule is FC(F)(F)c1cccc(P(C2=CC=CC2P(c2cccc(C(F)(F)F)c2)c2cccc(C(F)(F)F)c2)c2cccc(C(F)(F)F)c2)c1. The van der Waals surface area contributed by atoms with E-state index in [1.165, 1.54) is 42.5 Å². The van der Waals surface area contributed by atoms with Gasteiger partial charge in [0.1, 0.15) is 0 Å². The molecule has 47 heavy (non-hydrogen) atoms. The van der Waals surface area contributed by atoms with E-state index < -0.39 is 68.5 Å². The molecule has 4 aromatic rings. The van der Waals surface area contributed by atoms with Gasteiger partial charge in [0.05, 0.1) is 22.3 Å². The van der Waals surface area contributed by atoms with Crippen molar-refractivity contribution in [2.24, 2.45) is 0 Å². The van der Waals surface area contributed by atoms with Crippen LogP contribution in [0.3, 0.4) is 0 Å². The lowest BCUT2D eigenvalue weighted by molar-refractivity contribution is -0.138. The molecule has 14 heteroatoms. The van der Waals surface area contributed by atoms with Crippen LogP contribution in [0.25, 0.3) is 0 Å². The van der Waals surface area contributed by atoms with Crippen molar-refractivity contribution in [3.8, 4) is 0 Å². The van der Waals surface area contributed by atoms with Gasteiger partial charge in [-0.1, -0.05) is 66.8 Å². The van der Waals surface area contributed by atoms with Crippen molar-refractivity contribution in [2.75, 3.05) is 0 Å². The molecule has 0 aromatic heterocycles. The highest BCUT2D eigenvalue weighted by Crippen LogP contribution is 2.57. The van der Waals surface area contributed by atoms with Gasteiger partial charge in [0.15, 0.2) is 0 Å². The number of hydrogen-bond donors (Lipinski definition) is 0. The maximum absolute atomic E-state index is 13.8. The first-order chi connectivity index (χ1) is 21.8. The largest absolute Gasteiger partial charge is 0.416 e. The molecule has 0 aliphatic heterocycles. The van der Waals surface area contributed by atoms with Crippen LogP contribution in [0, 0.1) is 0 Å². The Kier molecular flexibility index (Phi) is 9.43. The molecule has 1 atom stereocenters. The number of allylic oxidation sites excluding steroid dienone is 4.